The number of nitrogens with zero attached hydrogens (tertiary/aromatic N) is 1. The van der Waals surface area contributed by atoms with Crippen LogP contribution in [0.4, 0.5) is 0 Å². The highest BCUT2D eigenvalue weighted by Gasteiger charge is 2.00. The number of unbranched alkanes of at least 4 members (excludes halogenated alkanes) is 1. The van der Waals surface area contributed by atoms with Crippen molar-refractivity contribution in [3.63, 3.8) is 0 Å². The summed E-state index contributed by atoms with van der Waals surface area (Å²) in [6, 6.07) is 3.44. The van der Waals surface area contributed by atoms with Crippen molar-refractivity contribution in [2.24, 2.45) is 7.05 Å². The van der Waals surface area contributed by atoms with Crippen molar-refractivity contribution in [3.05, 3.63) is 28.7 Å². The van der Waals surface area contributed by atoms with Crippen LogP contribution < -0.4 is 10.3 Å². The summed E-state index contributed by atoms with van der Waals surface area (Å²) >= 11 is 0. The molecule has 1 aromatic rings. The van der Waals surface area contributed by atoms with Crippen molar-refractivity contribution in [1.82, 2.24) is 4.57 Å². The fourth-order valence-electron chi connectivity index (χ4n) is 1.04. The van der Waals surface area contributed by atoms with Gasteiger partial charge in [0.2, 0.25) is 0 Å². The van der Waals surface area contributed by atoms with Gasteiger partial charge < -0.3 is 9.30 Å². The van der Waals surface area contributed by atoms with Gasteiger partial charge in [0.15, 0.2) is 5.75 Å². The first-order valence-corrected chi connectivity index (χ1v) is 4.47. The zero-order chi connectivity index (χ0) is 10.4. The minimum Gasteiger partial charge on any atom is -0.488 e. The Hall–Kier alpha value is -1.69. The Labute approximate surface area is 83.3 Å². The lowest BCUT2D eigenvalue weighted by Gasteiger charge is -2.04. The number of terminal acetylenes is 1. The molecule has 0 aliphatic heterocycles. The largest absolute Gasteiger partial charge is 0.488 e. The zero-order valence-electron chi connectivity index (χ0n) is 8.19. The molecule has 74 valence electrons. The first-order valence-electron chi connectivity index (χ1n) is 4.47. The highest BCUT2D eigenvalue weighted by molar-refractivity contribution is 5.16. The molecule has 1 aromatic heterocycles. The third-order valence-corrected chi connectivity index (χ3v) is 1.81. The van der Waals surface area contributed by atoms with Crippen LogP contribution in [0.2, 0.25) is 0 Å². The molecule has 3 heteroatoms. The summed E-state index contributed by atoms with van der Waals surface area (Å²) in [5.41, 5.74) is -0.117. The number of pyridine rings is 1. The molecule has 0 unspecified atom stereocenters. The van der Waals surface area contributed by atoms with Gasteiger partial charge in [0.1, 0.15) is 0 Å². The molecule has 0 saturated heterocycles. The van der Waals surface area contributed by atoms with Gasteiger partial charge in [-0.2, -0.15) is 0 Å². The van der Waals surface area contributed by atoms with Crippen molar-refractivity contribution in [2.75, 3.05) is 6.61 Å². The predicted molar refractivity (Wildman–Crippen MR) is 55.2 cm³/mol. The second-order valence-electron chi connectivity index (χ2n) is 2.94. The molecule has 0 N–H and O–H groups in total. The highest BCUT2D eigenvalue weighted by Crippen LogP contribution is 2.01. The van der Waals surface area contributed by atoms with Crippen LogP contribution >= 0.6 is 0 Å². The Bertz CT molecular complexity index is 387. The van der Waals surface area contributed by atoms with E-state index in [1.54, 1.807) is 25.4 Å². The highest BCUT2D eigenvalue weighted by atomic mass is 16.5. The fraction of sp³-hybridized carbons (Fsp3) is 0.364. The number of ether oxygens (including phenoxy) is 1. The third kappa shape index (κ3) is 2.67. The molecule has 0 saturated carbocycles. The van der Waals surface area contributed by atoms with E-state index in [-0.39, 0.29) is 5.56 Å². The molecule has 0 radical (unpaired) electrons. The summed E-state index contributed by atoms with van der Waals surface area (Å²) in [6.07, 6.45) is 8.23. The van der Waals surface area contributed by atoms with Gasteiger partial charge in [-0.05, 0) is 18.6 Å². The number of aromatic nitrogens is 1. The van der Waals surface area contributed by atoms with E-state index in [4.69, 9.17) is 11.2 Å². The quantitative estimate of drug-likeness (QED) is 0.528. The summed E-state index contributed by atoms with van der Waals surface area (Å²) in [6.45, 7) is 0.490. The van der Waals surface area contributed by atoms with Gasteiger partial charge >= 0.3 is 0 Å². The van der Waals surface area contributed by atoms with Crippen molar-refractivity contribution in [2.45, 2.75) is 12.8 Å². The lowest BCUT2D eigenvalue weighted by atomic mass is 10.3. The summed E-state index contributed by atoms with van der Waals surface area (Å²) in [7, 11) is 1.69. The summed E-state index contributed by atoms with van der Waals surface area (Å²) in [5, 5.41) is 0. The van der Waals surface area contributed by atoms with Crippen LogP contribution in [-0.2, 0) is 7.05 Å². The van der Waals surface area contributed by atoms with Crippen molar-refractivity contribution in [1.29, 1.82) is 0 Å². The van der Waals surface area contributed by atoms with Crippen LogP contribution in [0.1, 0.15) is 12.8 Å². The van der Waals surface area contributed by atoms with Crippen LogP contribution in [0.15, 0.2) is 23.1 Å². The van der Waals surface area contributed by atoms with E-state index in [9.17, 15) is 4.79 Å². The number of hydrogen-bond donors (Lipinski definition) is 0. The van der Waals surface area contributed by atoms with E-state index in [1.165, 1.54) is 4.57 Å². The smallest absolute Gasteiger partial charge is 0.292 e. The molecule has 0 amide bonds. The second-order valence-corrected chi connectivity index (χ2v) is 2.94. The van der Waals surface area contributed by atoms with Crippen LogP contribution in [-0.4, -0.2) is 11.2 Å². The predicted octanol–water partition coefficient (Wildman–Crippen LogP) is 1.18. The van der Waals surface area contributed by atoms with Gasteiger partial charge in [-0.25, -0.2) is 0 Å². The van der Waals surface area contributed by atoms with Gasteiger partial charge in [-0.1, -0.05) is 0 Å². The Morgan fingerprint density at radius 3 is 3.14 bits per heavy atom. The van der Waals surface area contributed by atoms with Gasteiger partial charge in [0.05, 0.1) is 6.61 Å². The van der Waals surface area contributed by atoms with Crippen molar-refractivity contribution in [3.8, 4) is 18.1 Å². The lowest BCUT2D eigenvalue weighted by Crippen LogP contribution is -2.18. The number of hydrogen-bond acceptors (Lipinski definition) is 2. The van der Waals surface area contributed by atoms with E-state index in [2.05, 4.69) is 5.92 Å². The van der Waals surface area contributed by atoms with E-state index in [0.29, 0.717) is 18.8 Å². The molecule has 0 aliphatic rings. The molecule has 0 spiro atoms. The molecular weight excluding hydrogens is 178 g/mol. The van der Waals surface area contributed by atoms with Crippen LogP contribution in [0, 0.1) is 12.3 Å². The van der Waals surface area contributed by atoms with Gasteiger partial charge in [0.25, 0.3) is 5.56 Å². The zero-order valence-corrected chi connectivity index (χ0v) is 8.19. The van der Waals surface area contributed by atoms with E-state index in [1.807, 2.05) is 0 Å². The average molecular weight is 191 g/mol. The molecule has 14 heavy (non-hydrogen) atoms. The first kappa shape index (κ1) is 10.4. The van der Waals surface area contributed by atoms with Crippen LogP contribution in [0.25, 0.3) is 0 Å². The number of aryl methyl sites for hydroxylation is 1. The molecule has 0 bridgehead atoms. The topological polar surface area (TPSA) is 31.2 Å². The minimum atomic E-state index is -0.117. The standard InChI is InChI=1S/C11H13NO2/c1-3-4-5-9-14-10-7-6-8-12(2)11(10)13/h1,6-8H,4-5,9H2,2H3. The summed E-state index contributed by atoms with van der Waals surface area (Å²) < 4.78 is 6.77. The maximum Gasteiger partial charge on any atom is 0.292 e. The molecule has 0 aromatic carbocycles. The van der Waals surface area contributed by atoms with Crippen LogP contribution in [0.5, 0.6) is 5.75 Å². The molecule has 1 rings (SSSR count). The molecule has 3 nitrogen and oxygen atoms in total. The average Bonchev–Trinajstić information content (AvgIpc) is 2.19. The Morgan fingerprint density at radius 2 is 2.43 bits per heavy atom. The first-order chi connectivity index (χ1) is 6.75. The minimum absolute atomic E-state index is 0.117. The Balaban J connectivity index is 2.56. The molecule has 1 heterocycles. The summed E-state index contributed by atoms with van der Waals surface area (Å²) in [5.74, 6) is 2.90. The maximum atomic E-state index is 11.4. The van der Waals surface area contributed by atoms with Crippen molar-refractivity contribution >= 4 is 0 Å². The molecular formula is C11H13NO2. The fourth-order valence-corrected chi connectivity index (χ4v) is 1.04. The van der Waals surface area contributed by atoms with E-state index in [0.717, 1.165) is 6.42 Å². The van der Waals surface area contributed by atoms with Gasteiger partial charge in [0, 0.05) is 19.7 Å². The van der Waals surface area contributed by atoms with Crippen LogP contribution in [0.3, 0.4) is 0 Å². The van der Waals surface area contributed by atoms with E-state index < -0.39 is 0 Å². The summed E-state index contributed by atoms with van der Waals surface area (Å²) in [4.78, 5) is 11.4. The number of rotatable bonds is 4. The maximum absolute atomic E-state index is 11.4. The Morgan fingerprint density at radius 1 is 1.64 bits per heavy atom. The Kier molecular flexibility index (Phi) is 3.81. The lowest BCUT2D eigenvalue weighted by molar-refractivity contribution is 0.307. The third-order valence-electron chi connectivity index (χ3n) is 1.81. The SMILES string of the molecule is C#CCCCOc1cccn(C)c1=O. The van der Waals surface area contributed by atoms with Gasteiger partial charge in [-0.3, -0.25) is 4.79 Å². The van der Waals surface area contributed by atoms with E-state index >= 15 is 0 Å². The second kappa shape index (κ2) is 5.13. The van der Waals surface area contributed by atoms with Crippen molar-refractivity contribution < 1.29 is 4.74 Å². The molecule has 0 aliphatic carbocycles. The monoisotopic (exact) mass is 191 g/mol. The van der Waals surface area contributed by atoms with Gasteiger partial charge in [-0.15, -0.1) is 12.3 Å². The molecule has 0 fully saturated rings. The molecule has 0 atom stereocenters. The normalized spacial score (nSPS) is 9.43.